The highest BCUT2D eigenvalue weighted by Crippen LogP contribution is 2.24. The van der Waals surface area contributed by atoms with E-state index in [9.17, 15) is 14.3 Å². The second kappa shape index (κ2) is 6.02. The van der Waals surface area contributed by atoms with Gasteiger partial charge in [0.1, 0.15) is 0 Å². The average Bonchev–Trinajstić information content (AvgIpc) is 2.39. The van der Waals surface area contributed by atoms with Gasteiger partial charge in [0.2, 0.25) is 0 Å². The Bertz CT molecular complexity index is 674. The van der Waals surface area contributed by atoms with Crippen LogP contribution in [-0.2, 0) is 16.6 Å². The molecule has 2 aromatic rings. The Hall–Kier alpha value is -1.92. The second-order valence-corrected chi connectivity index (χ2v) is 5.93. The monoisotopic (exact) mass is 310 g/mol. The molecule has 7 heteroatoms. The van der Waals surface area contributed by atoms with Gasteiger partial charge in [0, 0.05) is 17.8 Å². The minimum Gasteiger partial charge on any atom is -0.399 e. The first-order chi connectivity index (χ1) is 9.47. The van der Waals surface area contributed by atoms with Crippen LogP contribution in [-0.4, -0.2) is 9.13 Å². The third-order valence-corrected chi connectivity index (χ3v) is 4.51. The minimum absolute atomic E-state index is 0.00468. The van der Waals surface area contributed by atoms with Crippen LogP contribution in [0.15, 0.2) is 47.4 Å². The molecule has 0 bridgehead atoms. The summed E-state index contributed by atoms with van der Waals surface area (Å²) in [5.41, 5.74) is 6.83. The quantitative estimate of drug-likeness (QED) is 0.534. The van der Waals surface area contributed by atoms with Gasteiger partial charge in [-0.05, 0) is 23.8 Å². The summed E-state index contributed by atoms with van der Waals surface area (Å²) in [5.74, 6) is 0.238. The van der Waals surface area contributed by atoms with Crippen LogP contribution in [0.25, 0.3) is 0 Å². The number of rotatable bonds is 4. The predicted octanol–water partition coefficient (Wildman–Crippen LogP) is 3.14. The molecule has 0 spiro atoms. The number of nitrogens with zero attached hydrogens (tertiary/aromatic N) is 1. The van der Waals surface area contributed by atoms with Crippen molar-refractivity contribution in [2.24, 2.45) is 0 Å². The lowest BCUT2D eigenvalue weighted by molar-refractivity contribution is -0.384. The Labute approximate surface area is 123 Å². The van der Waals surface area contributed by atoms with Crippen LogP contribution in [0.4, 0.5) is 11.4 Å². The number of nitro groups is 1. The third kappa shape index (κ3) is 3.34. The molecule has 0 saturated heterocycles. The highest BCUT2D eigenvalue weighted by Gasteiger charge is 2.11. The fraction of sp³-hybridized carbons (Fsp3) is 0.0769. The molecule has 1 unspecified atom stereocenters. The minimum atomic E-state index is -1.33. The molecule has 1 atom stereocenters. The smallest absolute Gasteiger partial charge is 0.269 e. The van der Waals surface area contributed by atoms with Gasteiger partial charge in [-0.25, -0.2) is 0 Å². The molecule has 0 aliphatic carbocycles. The third-order valence-electron chi connectivity index (χ3n) is 2.65. The Morgan fingerprint density at radius 1 is 1.20 bits per heavy atom. The van der Waals surface area contributed by atoms with Crippen LogP contribution in [0, 0.1) is 10.1 Å². The van der Waals surface area contributed by atoms with Crippen molar-refractivity contribution in [2.75, 3.05) is 5.73 Å². The number of hydrogen-bond donors (Lipinski definition) is 1. The van der Waals surface area contributed by atoms with E-state index in [4.69, 9.17) is 17.3 Å². The maximum Gasteiger partial charge on any atom is 0.269 e. The van der Waals surface area contributed by atoms with Gasteiger partial charge in [-0.15, -0.1) is 0 Å². The Balaban J connectivity index is 2.17. The molecule has 0 heterocycles. The van der Waals surface area contributed by atoms with Gasteiger partial charge < -0.3 is 5.73 Å². The molecule has 20 heavy (non-hydrogen) atoms. The van der Waals surface area contributed by atoms with Crippen LogP contribution in [0.2, 0.25) is 5.02 Å². The Morgan fingerprint density at radius 3 is 2.40 bits per heavy atom. The number of anilines is 1. The molecule has 0 amide bonds. The van der Waals surface area contributed by atoms with E-state index in [0.717, 1.165) is 5.56 Å². The number of nitro benzene ring substituents is 1. The summed E-state index contributed by atoms with van der Waals surface area (Å²) >= 11 is 6.00. The van der Waals surface area contributed by atoms with Gasteiger partial charge in [-0.2, -0.15) is 0 Å². The standard InChI is InChI=1S/C13H11ClN2O3S/c14-12-7-10(15)3-6-13(12)20(19)8-9-1-4-11(5-2-9)16(17)18/h1-7H,8,15H2. The Kier molecular flexibility index (Phi) is 4.36. The largest absolute Gasteiger partial charge is 0.399 e. The lowest BCUT2D eigenvalue weighted by Gasteiger charge is -2.05. The van der Waals surface area contributed by atoms with Crippen molar-refractivity contribution in [3.05, 3.63) is 63.2 Å². The molecule has 0 saturated carbocycles. The van der Waals surface area contributed by atoms with E-state index < -0.39 is 15.7 Å². The summed E-state index contributed by atoms with van der Waals surface area (Å²) in [6.07, 6.45) is 0. The molecule has 104 valence electrons. The normalized spacial score (nSPS) is 12.1. The Morgan fingerprint density at radius 2 is 1.85 bits per heavy atom. The van der Waals surface area contributed by atoms with Crippen molar-refractivity contribution in [2.45, 2.75) is 10.6 Å². The molecule has 0 aliphatic rings. The number of halogens is 1. The summed E-state index contributed by atoms with van der Waals surface area (Å²) in [5, 5.41) is 10.9. The molecular formula is C13H11ClN2O3S. The van der Waals surface area contributed by atoms with Crippen LogP contribution < -0.4 is 5.73 Å². The molecule has 2 aromatic carbocycles. The fourth-order valence-corrected chi connectivity index (χ4v) is 3.24. The average molecular weight is 311 g/mol. The predicted molar refractivity (Wildman–Crippen MR) is 79.1 cm³/mol. The SMILES string of the molecule is Nc1ccc(S(=O)Cc2ccc([N+](=O)[O-])cc2)c(Cl)c1. The lowest BCUT2D eigenvalue weighted by Crippen LogP contribution is -1.98. The van der Waals surface area contributed by atoms with Gasteiger partial charge >= 0.3 is 0 Å². The number of hydrogen-bond acceptors (Lipinski definition) is 4. The summed E-state index contributed by atoms with van der Waals surface area (Å²) in [6, 6.07) is 10.7. The lowest BCUT2D eigenvalue weighted by atomic mass is 10.2. The van der Waals surface area contributed by atoms with Gasteiger partial charge in [-0.3, -0.25) is 14.3 Å². The molecular weight excluding hydrogens is 300 g/mol. The van der Waals surface area contributed by atoms with E-state index in [2.05, 4.69) is 0 Å². The number of benzene rings is 2. The topological polar surface area (TPSA) is 86.2 Å². The van der Waals surface area contributed by atoms with Crippen LogP contribution >= 0.6 is 11.6 Å². The summed E-state index contributed by atoms with van der Waals surface area (Å²) in [6.45, 7) is 0. The molecule has 0 aromatic heterocycles. The summed E-state index contributed by atoms with van der Waals surface area (Å²) in [7, 11) is -1.33. The maximum absolute atomic E-state index is 12.2. The van der Waals surface area contributed by atoms with Crippen molar-refractivity contribution in [1.82, 2.24) is 0 Å². The van der Waals surface area contributed by atoms with Gasteiger partial charge in [0.25, 0.3) is 5.69 Å². The maximum atomic E-state index is 12.2. The van der Waals surface area contributed by atoms with E-state index in [-0.39, 0.29) is 11.4 Å². The molecule has 0 aliphatic heterocycles. The van der Waals surface area contributed by atoms with Crippen molar-refractivity contribution >= 4 is 33.8 Å². The van der Waals surface area contributed by atoms with Crippen LogP contribution in [0.3, 0.4) is 0 Å². The second-order valence-electron chi connectivity index (χ2n) is 4.10. The highest BCUT2D eigenvalue weighted by molar-refractivity contribution is 7.84. The van der Waals surface area contributed by atoms with E-state index in [1.807, 2.05) is 0 Å². The van der Waals surface area contributed by atoms with Crippen molar-refractivity contribution in [3.8, 4) is 0 Å². The van der Waals surface area contributed by atoms with E-state index in [1.165, 1.54) is 12.1 Å². The zero-order valence-electron chi connectivity index (χ0n) is 10.3. The molecule has 5 nitrogen and oxygen atoms in total. The van der Waals surface area contributed by atoms with Gasteiger partial charge in [0.05, 0.1) is 31.4 Å². The molecule has 2 rings (SSSR count). The zero-order chi connectivity index (χ0) is 14.7. The number of nitrogens with two attached hydrogens (primary N) is 1. The summed E-state index contributed by atoms with van der Waals surface area (Å²) < 4.78 is 12.2. The first kappa shape index (κ1) is 14.5. The van der Waals surface area contributed by atoms with Crippen molar-refractivity contribution < 1.29 is 9.13 Å². The van der Waals surface area contributed by atoms with Crippen LogP contribution in [0.5, 0.6) is 0 Å². The van der Waals surface area contributed by atoms with E-state index in [1.54, 1.807) is 30.3 Å². The number of non-ortho nitro benzene ring substituents is 1. The molecule has 0 fully saturated rings. The summed E-state index contributed by atoms with van der Waals surface area (Å²) in [4.78, 5) is 10.6. The van der Waals surface area contributed by atoms with Crippen molar-refractivity contribution in [1.29, 1.82) is 0 Å². The van der Waals surface area contributed by atoms with Crippen LogP contribution in [0.1, 0.15) is 5.56 Å². The fourth-order valence-electron chi connectivity index (χ4n) is 1.64. The molecule has 2 N–H and O–H groups in total. The highest BCUT2D eigenvalue weighted by atomic mass is 35.5. The van der Waals surface area contributed by atoms with Gasteiger partial charge in [-0.1, -0.05) is 23.7 Å². The van der Waals surface area contributed by atoms with E-state index >= 15 is 0 Å². The van der Waals surface area contributed by atoms with E-state index in [0.29, 0.717) is 15.6 Å². The van der Waals surface area contributed by atoms with Crippen molar-refractivity contribution in [3.63, 3.8) is 0 Å². The first-order valence-electron chi connectivity index (χ1n) is 5.64. The molecule has 0 radical (unpaired) electrons. The van der Waals surface area contributed by atoms with Gasteiger partial charge in [0.15, 0.2) is 0 Å². The zero-order valence-corrected chi connectivity index (χ0v) is 11.9. The number of nitrogen functional groups attached to an aromatic ring is 1. The first-order valence-corrected chi connectivity index (χ1v) is 7.34.